The standard InChI is InChI=1S/C17H28N6O2/c1-12-9-22(10-13(2)25-12)17(24)14-5-7-21(8-6-14)11-16-18-19-20-23(16)15-3-4-15/h12-15H,3-11H2,1-2H3. The molecule has 0 radical (unpaired) electrons. The van der Waals surface area contributed by atoms with Gasteiger partial charge in [0.1, 0.15) is 0 Å². The Bertz CT molecular complexity index is 598. The highest BCUT2D eigenvalue weighted by Gasteiger charge is 2.33. The summed E-state index contributed by atoms with van der Waals surface area (Å²) in [6.07, 6.45) is 4.48. The lowest BCUT2D eigenvalue weighted by Gasteiger charge is -2.39. The van der Waals surface area contributed by atoms with Crippen molar-refractivity contribution in [2.75, 3.05) is 26.2 Å². The number of nitrogens with zero attached hydrogens (tertiary/aromatic N) is 6. The molecule has 1 saturated carbocycles. The smallest absolute Gasteiger partial charge is 0.225 e. The monoisotopic (exact) mass is 348 g/mol. The molecule has 1 aromatic rings. The molecule has 8 heteroatoms. The predicted molar refractivity (Wildman–Crippen MR) is 90.7 cm³/mol. The van der Waals surface area contributed by atoms with Crippen molar-refractivity contribution in [3.63, 3.8) is 0 Å². The molecule has 3 fully saturated rings. The van der Waals surface area contributed by atoms with E-state index in [4.69, 9.17) is 4.74 Å². The molecule has 0 N–H and O–H groups in total. The van der Waals surface area contributed by atoms with Crippen LogP contribution in [0.25, 0.3) is 0 Å². The summed E-state index contributed by atoms with van der Waals surface area (Å²) < 4.78 is 7.72. The molecule has 25 heavy (non-hydrogen) atoms. The molecule has 2 unspecified atom stereocenters. The third-order valence-corrected chi connectivity index (χ3v) is 5.49. The number of carbonyl (C=O) groups is 1. The SMILES string of the molecule is CC1CN(C(=O)C2CCN(Cc3nnnn3C3CC3)CC2)CC(C)O1. The van der Waals surface area contributed by atoms with Gasteiger partial charge in [0.2, 0.25) is 5.91 Å². The van der Waals surface area contributed by atoms with Gasteiger partial charge in [0.05, 0.1) is 24.8 Å². The number of carbonyl (C=O) groups excluding carboxylic acids is 1. The molecule has 1 aliphatic carbocycles. The summed E-state index contributed by atoms with van der Waals surface area (Å²) in [5.41, 5.74) is 0. The molecule has 0 spiro atoms. The Morgan fingerprint density at radius 3 is 2.44 bits per heavy atom. The number of likely N-dealkylation sites (tertiary alicyclic amines) is 1. The topological polar surface area (TPSA) is 76.4 Å². The van der Waals surface area contributed by atoms with Gasteiger partial charge in [-0.15, -0.1) is 5.10 Å². The maximum atomic E-state index is 12.8. The van der Waals surface area contributed by atoms with Gasteiger partial charge in [-0.25, -0.2) is 4.68 Å². The number of piperidine rings is 1. The normalized spacial score (nSPS) is 29.1. The Morgan fingerprint density at radius 2 is 1.80 bits per heavy atom. The van der Waals surface area contributed by atoms with Gasteiger partial charge in [0.25, 0.3) is 0 Å². The number of ether oxygens (including phenoxy) is 1. The Morgan fingerprint density at radius 1 is 1.12 bits per heavy atom. The Labute approximate surface area is 148 Å². The minimum atomic E-state index is 0.133. The highest BCUT2D eigenvalue weighted by molar-refractivity contribution is 5.79. The van der Waals surface area contributed by atoms with E-state index in [1.54, 1.807) is 0 Å². The third kappa shape index (κ3) is 3.84. The van der Waals surface area contributed by atoms with Gasteiger partial charge in [0.15, 0.2) is 5.82 Å². The largest absolute Gasteiger partial charge is 0.372 e. The molecule has 138 valence electrons. The van der Waals surface area contributed by atoms with Crippen molar-refractivity contribution < 1.29 is 9.53 Å². The van der Waals surface area contributed by atoms with E-state index in [-0.39, 0.29) is 18.1 Å². The lowest BCUT2D eigenvalue weighted by atomic mass is 9.94. The van der Waals surface area contributed by atoms with Crippen LogP contribution in [0, 0.1) is 5.92 Å². The summed E-state index contributed by atoms with van der Waals surface area (Å²) in [5.74, 6) is 1.42. The molecule has 3 heterocycles. The van der Waals surface area contributed by atoms with Crippen LogP contribution in [0.4, 0.5) is 0 Å². The van der Waals surface area contributed by atoms with Crippen LogP contribution in [0.3, 0.4) is 0 Å². The molecule has 1 amide bonds. The molecule has 2 atom stereocenters. The fourth-order valence-corrected chi connectivity index (χ4v) is 4.07. The van der Waals surface area contributed by atoms with Crippen LogP contribution in [-0.2, 0) is 16.1 Å². The summed E-state index contributed by atoms with van der Waals surface area (Å²) in [4.78, 5) is 17.2. The number of hydrogen-bond donors (Lipinski definition) is 0. The first-order valence-electron chi connectivity index (χ1n) is 9.53. The Hall–Kier alpha value is -1.54. The minimum absolute atomic E-state index is 0.133. The van der Waals surface area contributed by atoms with E-state index in [0.29, 0.717) is 11.9 Å². The first-order chi connectivity index (χ1) is 12.1. The molecule has 1 aromatic heterocycles. The number of morpholine rings is 1. The summed E-state index contributed by atoms with van der Waals surface area (Å²) >= 11 is 0. The number of rotatable bonds is 4. The fraction of sp³-hybridized carbons (Fsp3) is 0.882. The zero-order chi connectivity index (χ0) is 17.4. The minimum Gasteiger partial charge on any atom is -0.372 e. The zero-order valence-electron chi connectivity index (χ0n) is 15.2. The van der Waals surface area contributed by atoms with Gasteiger partial charge in [-0.05, 0) is 63.0 Å². The van der Waals surface area contributed by atoms with Crippen molar-refractivity contribution in [2.45, 2.75) is 64.3 Å². The maximum absolute atomic E-state index is 12.8. The number of aromatic nitrogens is 4. The second-order valence-electron chi connectivity index (χ2n) is 7.82. The van der Waals surface area contributed by atoms with Gasteiger partial charge in [-0.1, -0.05) is 0 Å². The van der Waals surface area contributed by atoms with Crippen molar-refractivity contribution in [1.82, 2.24) is 30.0 Å². The number of tetrazole rings is 1. The van der Waals surface area contributed by atoms with E-state index in [1.165, 1.54) is 12.8 Å². The molecule has 4 rings (SSSR count). The predicted octanol–water partition coefficient (Wildman–Crippen LogP) is 0.856. The molecule has 8 nitrogen and oxygen atoms in total. The highest BCUT2D eigenvalue weighted by Crippen LogP contribution is 2.34. The lowest BCUT2D eigenvalue weighted by Crippen LogP contribution is -2.51. The van der Waals surface area contributed by atoms with Gasteiger partial charge >= 0.3 is 0 Å². The van der Waals surface area contributed by atoms with Crippen LogP contribution in [0.1, 0.15) is 51.4 Å². The van der Waals surface area contributed by atoms with Crippen molar-refractivity contribution >= 4 is 5.91 Å². The molecule has 0 aromatic carbocycles. The van der Waals surface area contributed by atoms with Crippen LogP contribution in [0.2, 0.25) is 0 Å². The third-order valence-electron chi connectivity index (χ3n) is 5.49. The maximum Gasteiger partial charge on any atom is 0.225 e. The summed E-state index contributed by atoms with van der Waals surface area (Å²) in [6.45, 7) is 8.19. The van der Waals surface area contributed by atoms with Crippen molar-refractivity contribution in [3.8, 4) is 0 Å². The first-order valence-corrected chi connectivity index (χ1v) is 9.53. The van der Waals surface area contributed by atoms with E-state index in [9.17, 15) is 4.79 Å². The van der Waals surface area contributed by atoms with Crippen LogP contribution < -0.4 is 0 Å². The lowest BCUT2D eigenvalue weighted by molar-refractivity contribution is -0.148. The van der Waals surface area contributed by atoms with E-state index < -0.39 is 0 Å². The first kappa shape index (κ1) is 16.9. The summed E-state index contributed by atoms with van der Waals surface area (Å²) in [6, 6.07) is 0.509. The summed E-state index contributed by atoms with van der Waals surface area (Å²) in [7, 11) is 0. The van der Waals surface area contributed by atoms with Gasteiger partial charge < -0.3 is 9.64 Å². The molecule has 2 saturated heterocycles. The average molecular weight is 348 g/mol. The molecular weight excluding hydrogens is 320 g/mol. The van der Waals surface area contributed by atoms with E-state index in [1.807, 2.05) is 23.4 Å². The Balaban J connectivity index is 1.29. The highest BCUT2D eigenvalue weighted by atomic mass is 16.5. The van der Waals surface area contributed by atoms with Gasteiger partial charge in [-0.2, -0.15) is 0 Å². The van der Waals surface area contributed by atoms with Crippen LogP contribution in [0.5, 0.6) is 0 Å². The van der Waals surface area contributed by atoms with E-state index in [2.05, 4.69) is 20.4 Å². The second-order valence-corrected chi connectivity index (χ2v) is 7.82. The van der Waals surface area contributed by atoms with Crippen molar-refractivity contribution in [2.24, 2.45) is 5.92 Å². The molecule has 3 aliphatic rings. The zero-order valence-corrected chi connectivity index (χ0v) is 15.2. The quantitative estimate of drug-likeness (QED) is 0.803. The molecule has 0 bridgehead atoms. The van der Waals surface area contributed by atoms with Gasteiger partial charge in [-0.3, -0.25) is 9.69 Å². The van der Waals surface area contributed by atoms with Gasteiger partial charge in [0, 0.05) is 19.0 Å². The van der Waals surface area contributed by atoms with Crippen molar-refractivity contribution in [3.05, 3.63) is 5.82 Å². The molecule has 2 aliphatic heterocycles. The van der Waals surface area contributed by atoms with Crippen LogP contribution in [-0.4, -0.2) is 74.3 Å². The Kier molecular flexibility index (Phi) is 4.73. The fourth-order valence-electron chi connectivity index (χ4n) is 4.07. The molecular formula is C17H28N6O2. The van der Waals surface area contributed by atoms with Crippen molar-refractivity contribution in [1.29, 1.82) is 0 Å². The number of hydrogen-bond acceptors (Lipinski definition) is 6. The second kappa shape index (κ2) is 6.99. The van der Waals surface area contributed by atoms with E-state index >= 15 is 0 Å². The van der Waals surface area contributed by atoms with Crippen LogP contribution in [0.15, 0.2) is 0 Å². The number of amides is 1. The summed E-state index contributed by atoms with van der Waals surface area (Å²) in [5, 5.41) is 12.1. The van der Waals surface area contributed by atoms with E-state index in [0.717, 1.165) is 51.4 Å². The average Bonchev–Trinajstić information content (AvgIpc) is 3.34. The van der Waals surface area contributed by atoms with Crippen LogP contribution >= 0.6 is 0 Å².